The number of nitrogens with zero attached hydrogens (tertiary/aromatic N) is 5. The number of carbonyl (C=O) groups excluding carboxylic acids is 1. The molecule has 0 saturated carbocycles. The summed E-state index contributed by atoms with van der Waals surface area (Å²) in [6.07, 6.45) is 6.55. The summed E-state index contributed by atoms with van der Waals surface area (Å²) >= 11 is 0. The number of hydrogen-bond donors (Lipinski definition) is 1. The molecule has 7 nitrogen and oxygen atoms in total. The van der Waals surface area contributed by atoms with Crippen LogP contribution < -0.4 is 10.2 Å². The van der Waals surface area contributed by atoms with E-state index >= 15 is 0 Å². The van der Waals surface area contributed by atoms with Crippen LogP contribution in [0, 0.1) is 6.92 Å². The quantitative estimate of drug-likeness (QED) is 0.682. The van der Waals surface area contributed by atoms with Crippen molar-refractivity contribution >= 4 is 17.4 Å². The van der Waals surface area contributed by atoms with E-state index in [9.17, 15) is 4.79 Å². The topological polar surface area (TPSA) is 75.9 Å². The number of hydrogen-bond acceptors (Lipinski definition) is 5. The average molecular weight is 405 g/mol. The Morgan fingerprint density at radius 2 is 1.90 bits per heavy atom. The molecule has 1 unspecified atom stereocenters. The van der Waals surface area contributed by atoms with Crippen molar-refractivity contribution in [3.8, 4) is 0 Å². The second-order valence-corrected chi connectivity index (χ2v) is 8.07. The molecule has 3 heterocycles. The molecule has 1 aromatic carbocycles. The number of aromatic nitrogens is 4. The number of fused-ring (bicyclic) bond motifs is 1. The van der Waals surface area contributed by atoms with Crippen molar-refractivity contribution < 1.29 is 4.79 Å². The van der Waals surface area contributed by atoms with Crippen LogP contribution in [-0.2, 0) is 24.1 Å². The zero-order valence-corrected chi connectivity index (χ0v) is 18.0. The molecule has 1 aliphatic rings. The van der Waals surface area contributed by atoms with Crippen LogP contribution in [0.3, 0.4) is 0 Å². The molecule has 1 aliphatic heterocycles. The number of amides is 1. The Labute approximate surface area is 177 Å². The van der Waals surface area contributed by atoms with E-state index in [1.165, 1.54) is 11.1 Å². The highest BCUT2D eigenvalue weighted by Gasteiger charge is 2.30. The minimum Gasteiger partial charge on any atom is -0.346 e. The van der Waals surface area contributed by atoms with Crippen molar-refractivity contribution in [3.05, 3.63) is 65.4 Å². The van der Waals surface area contributed by atoms with Gasteiger partial charge < -0.3 is 10.2 Å². The lowest BCUT2D eigenvalue weighted by atomic mass is 10.1. The Morgan fingerprint density at radius 1 is 1.13 bits per heavy atom. The Bertz CT molecular complexity index is 1050. The van der Waals surface area contributed by atoms with E-state index in [-0.39, 0.29) is 11.9 Å². The number of aryl methyl sites for hydroxylation is 3. The summed E-state index contributed by atoms with van der Waals surface area (Å²) in [5.41, 5.74) is 4.00. The van der Waals surface area contributed by atoms with E-state index in [1.54, 1.807) is 0 Å². The van der Waals surface area contributed by atoms with Gasteiger partial charge in [-0.2, -0.15) is 5.10 Å². The number of anilines is 2. The van der Waals surface area contributed by atoms with Crippen LogP contribution >= 0.6 is 0 Å². The molecular formula is C23H28N6O. The van der Waals surface area contributed by atoms with Crippen molar-refractivity contribution in [2.45, 2.75) is 52.1 Å². The minimum absolute atomic E-state index is 0.0264. The molecule has 0 bridgehead atoms. The molecule has 0 aliphatic carbocycles. The molecule has 3 aromatic rings. The highest BCUT2D eigenvalue weighted by atomic mass is 16.2. The second kappa shape index (κ2) is 8.26. The largest absolute Gasteiger partial charge is 0.346 e. The molecule has 2 atom stereocenters. The van der Waals surface area contributed by atoms with Crippen LogP contribution in [0.2, 0.25) is 0 Å². The van der Waals surface area contributed by atoms with Gasteiger partial charge >= 0.3 is 0 Å². The van der Waals surface area contributed by atoms with Crippen LogP contribution in [0.15, 0.2) is 42.7 Å². The number of likely N-dealkylation sites (N-methyl/N-ethyl adjacent to an activating group) is 1. The molecule has 0 spiro atoms. The van der Waals surface area contributed by atoms with E-state index in [1.807, 2.05) is 42.7 Å². The van der Waals surface area contributed by atoms with Gasteiger partial charge in [-0.1, -0.05) is 30.3 Å². The lowest BCUT2D eigenvalue weighted by Gasteiger charge is -2.32. The van der Waals surface area contributed by atoms with E-state index in [0.717, 1.165) is 36.6 Å². The maximum absolute atomic E-state index is 12.1. The first-order chi connectivity index (χ1) is 14.4. The Kier molecular flexibility index (Phi) is 5.53. The van der Waals surface area contributed by atoms with Crippen molar-refractivity contribution in [3.63, 3.8) is 0 Å². The summed E-state index contributed by atoms with van der Waals surface area (Å²) < 4.78 is 2.03. The summed E-state index contributed by atoms with van der Waals surface area (Å²) in [6.45, 7) is 5.98. The van der Waals surface area contributed by atoms with E-state index < -0.39 is 0 Å². The summed E-state index contributed by atoms with van der Waals surface area (Å²) in [6, 6.07) is 10.5. The second-order valence-electron chi connectivity index (χ2n) is 8.07. The van der Waals surface area contributed by atoms with Gasteiger partial charge in [-0.3, -0.25) is 9.48 Å². The summed E-state index contributed by atoms with van der Waals surface area (Å²) in [5.74, 6) is 1.55. The lowest BCUT2D eigenvalue weighted by molar-refractivity contribution is -0.117. The first-order valence-corrected chi connectivity index (χ1v) is 10.4. The summed E-state index contributed by atoms with van der Waals surface area (Å²) in [5, 5.41) is 7.49. The SMILES string of the molecule is Cc1nc(CCc2cnn(C(C)Cc3ccccc3)c2)nc2c1NC(=O)[C@H](C)N2C. The Balaban J connectivity index is 1.43. The smallest absolute Gasteiger partial charge is 0.246 e. The molecular weight excluding hydrogens is 376 g/mol. The molecule has 30 heavy (non-hydrogen) atoms. The number of carbonyl (C=O) groups is 1. The van der Waals surface area contributed by atoms with Crippen molar-refractivity contribution in [2.24, 2.45) is 0 Å². The van der Waals surface area contributed by atoms with Crippen LogP contribution in [0.1, 0.15) is 42.5 Å². The maximum Gasteiger partial charge on any atom is 0.246 e. The normalized spacial score (nSPS) is 16.9. The number of rotatable bonds is 6. The zero-order chi connectivity index (χ0) is 21.3. The molecule has 0 radical (unpaired) electrons. The fourth-order valence-electron chi connectivity index (χ4n) is 3.77. The lowest BCUT2D eigenvalue weighted by Crippen LogP contribution is -2.45. The Hall–Kier alpha value is -3.22. The molecule has 156 valence electrons. The van der Waals surface area contributed by atoms with Gasteiger partial charge in [0.2, 0.25) is 5.91 Å². The molecule has 0 saturated heterocycles. The van der Waals surface area contributed by atoms with Crippen molar-refractivity contribution in [2.75, 3.05) is 17.3 Å². The van der Waals surface area contributed by atoms with Gasteiger partial charge in [-0.15, -0.1) is 0 Å². The van der Waals surface area contributed by atoms with Gasteiger partial charge in [0, 0.05) is 19.7 Å². The van der Waals surface area contributed by atoms with E-state index in [4.69, 9.17) is 4.98 Å². The Morgan fingerprint density at radius 3 is 2.67 bits per heavy atom. The van der Waals surface area contributed by atoms with Crippen LogP contribution in [0.4, 0.5) is 11.5 Å². The van der Waals surface area contributed by atoms with Crippen LogP contribution in [-0.4, -0.2) is 38.7 Å². The minimum atomic E-state index is -0.246. The van der Waals surface area contributed by atoms with Gasteiger partial charge in [0.15, 0.2) is 5.82 Å². The molecule has 0 fully saturated rings. The number of benzene rings is 1. The van der Waals surface area contributed by atoms with Crippen LogP contribution in [0.25, 0.3) is 0 Å². The fraction of sp³-hybridized carbons (Fsp3) is 0.391. The standard InChI is InChI=1S/C23H28N6O/c1-15(12-18-8-6-5-7-9-18)29-14-19(13-24-29)10-11-20-25-16(2)21-22(26-20)28(4)17(3)23(30)27-21/h5-9,13-15,17H,10-12H2,1-4H3,(H,27,30)/t15?,17-/m0/s1. The third-order valence-electron chi connectivity index (χ3n) is 5.78. The average Bonchev–Trinajstić information content (AvgIpc) is 3.21. The van der Waals surface area contributed by atoms with Gasteiger partial charge in [-0.05, 0) is 44.7 Å². The van der Waals surface area contributed by atoms with Gasteiger partial charge in [0.05, 0.1) is 17.9 Å². The third kappa shape index (κ3) is 4.06. The molecule has 1 amide bonds. The number of nitrogens with one attached hydrogen (secondary N) is 1. The van der Waals surface area contributed by atoms with Crippen LogP contribution in [0.5, 0.6) is 0 Å². The van der Waals surface area contributed by atoms with Gasteiger partial charge in [0.25, 0.3) is 0 Å². The molecule has 2 aromatic heterocycles. The maximum atomic E-state index is 12.1. The molecule has 1 N–H and O–H groups in total. The monoisotopic (exact) mass is 404 g/mol. The van der Waals surface area contributed by atoms with Crippen molar-refractivity contribution in [1.29, 1.82) is 0 Å². The first-order valence-electron chi connectivity index (χ1n) is 10.4. The molecule has 4 rings (SSSR count). The zero-order valence-electron chi connectivity index (χ0n) is 18.0. The summed E-state index contributed by atoms with van der Waals surface area (Å²) in [7, 11) is 1.90. The van der Waals surface area contributed by atoms with Crippen molar-refractivity contribution in [1.82, 2.24) is 19.7 Å². The van der Waals surface area contributed by atoms with E-state index in [2.05, 4.69) is 52.8 Å². The fourth-order valence-corrected chi connectivity index (χ4v) is 3.77. The van der Waals surface area contributed by atoms with Gasteiger partial charge in [0.1, 0.15) is 17.6 Å². The highest BCUT2D eigenvalue weighted by Crippen LogP contribution is 2.31. The highest BCUT2D eigenvalue weighted by molar-refractivity contribution is 6.02. The van der Waals surface area contributed by atoms with E-state index in [0.29, 0.717) is 11.7 Å². The molecule has 7 heteroatoms. The third-order valence-corrected chi connectivity index (χ3v) is 5.78. The first kappa shape index (κ1) is 20.1. The predicted octanol–water partition coefficient (Wildman–Crippen LogP) is 3.35. The predicted molar refractivity (Wildman–Crippen MR) is 118 cm³/mol. The summed E-state index contributed by atoms with van der Waals surface area (Å²) in [4.78, 5) is 23.3. The van der Waals surface area contributed by atoms with Gasteiger partial charge in [-0.25, -0.2) is 9.97 Å².